The van der Waals surface area contributed by atoms with Gasteiger partial charge in [0.2, 0.25) is 0 Å². The van der Waals surface area contributed by atoms with E-state index in [0.29, 0.717) is 6.04 Å². The summed E-state index contributed by atoms with van der Waals surface area (Å²) in [6, 6.07) is 6.86. The molecule has 20 heavy (non-hydrogen) atoms. The third-order valence-electron chi connectivity index (χ3n) is 3.63. The van der Waals surface area contributed by atoms with E-state index in [-0.39, 0.29) is 6.03 Å². The third-order valence-corrected chi connectivity index (χ3v) is 4.32. The SMILES string of the molecule is Cc1ccc(Br)c(NC2CCN(C(=O)N(C)C)CC2)c1. The standard InChI is InChI=1S/C15H22BrN3O/c1-11-4-5-13(16)14(10-11)17-12-6-8-19(9-7-12)15(20)18(2)3/h4-5,10,12,17H,6-9H2,1-3H3. The van der Waals surface area contributed by atoms with Crippen LogP contribution in [0.1, 0.15) is 18.4 Å². The molecule has 2 amide bonds. The number of amides is 2. The van der Waals surface area contributed by atoms with Crippen molar-refractivity contribution in [1.29, 1.82) is 0 Å². The number of nitrogens with zero attached hydrogens (tertiary/aromatic N) is 2. The summed E-state index contributed by atoms with van der Waals surface area (Å²) in [5.74, 6) is 0. The monoisotopic (exact) mass is 339 g/mol. The number of hydrogen-bond acceptors (Lipinski definition) is 2. The molecule has 1 aromatic rings. The van der Waals surface area contributed by atoms with Gasteiger partial charge >= 0.3 is 6.03 Å². The van der Waals surface area contributed by atoms with Gasteiger partial charge in [-0.15, -0.1) is 0 Å². The van der Waals surface area contributed by atoms with Crippen LogP contribution in [0.25, 0.3) is 0 Å². The first-order chi connectivity index (χ1) is 9.47. The minimum absolute atomic E-state index is 0.111. The quantitative estimate of drug-likeness (QED) is 0.897. The predicted octanol–water partition coefficient (Wildman–Crippen LogP) is 3.32. The zero-order chi connectivity index (χ0) is 14.7. The fraction of sp³-hybridized carbons (Fsp3) is 0.533. The minimum Gasteiger partial charge on any atom is -0.381 e. The molecule has 1 N–H and O–H groups in total. The molecule has 0 spiro atoms. The van der Waals surface area contributed by atoms with Crippen LogP contribution >= 0.6 is 15.9 Å². The lowest BCUT2D eigenvalue weighted by molar-refractivity contribution is 0.158. The summed E-state index contributed by atoms with van der Waals surface area (Å²) < 4.78 is 1.09. The number of aryl methyl sites for hydroxylation is 1. The number of rotatable bonds is 2. The molecular formula is C15H22BrN3O. The summed E-state index contributed by atoms with van der Waals surface area (Å²) in [6.07, 6.45) is 1.97. The Morgan fingerprint density at radius 1 is 1.35 bits per heavy atom. The van der Waals surface area contributed by atoms with Gasteiger partial charge in [-0.05, 0) is 53.4 Å². The molecule has 1 fully saturated rings. The van der Waals surface area contributed by atoms with Gasteiger partial charge < -0.3 is 15.1 Å². The van der Waals surface area contributed by atoms with Crippen LogP contribution in [0.5, 0.6) is 0 Å². The molecule has 2 rings (SSSR count). The minimum atomic E-state index is 0.111. The molecule has 4 nitrogen and oxygen atoms in total. The summed E-state index contributed by atoms with van der Waals surface area (Å²) in [5, 5.41) is 3.58. The summed E-state index contributed by atoms with van der Waals surface area (Å²) in [7, 11) is 3.60. The van der Waals surface area contributed by atoms with Gasteiger partial charge in [-0.2, -0.15) is 0 Å². The van der Waals surface area contributed by atoms with Crippen LogP contribution < -0.4 is 5.32 Å². The normalized spacial score (nSPS) is 16.1. The molecule has 0 aliphatic carbocycles. The molecule has 1 aromatic carbocycles. The van der Waals surface area contributed by atoms with Crippen LogP contribution in [0.2, 0.25) is 0 Å². The summed E-state index contributed by atoms with van der Waals surface area (Å²) >= 11 is 3.58. The highest BCUT2D eigenvalue weighted by Crippen LogP contribution is 2.26. The van der Waals surface area contributed by atoms with Crippen molar-refractivity contribution in [2.24, 2.45) is 0 Å². The Morgan fingerprint density at radius 3 is 2.60 bits per heavy atom. The largest absolute Gasteiger partial charge is 0.381 e. The maximum atomic E-state index is 11.9. The van der Waals surface area contributed by atoms with Gasteiger partial charge in [0.25, 0.3) is 0 Å². The van der Waals surface area contributed by atoms with Crippen molar-refractivity contribution in [1.82, 2.24) is 9.80 Å². The Labute approximate surface area is 129 Å². The van der Waals surface area contributed by atoms with Crippen molar-refractivity contribution in [3.8, 4) is 0 Å². The maximum Gasteiger partial charge on any atom is 0.319 e. The lowest BCUT2D eigenvalue weighted by Gasteiger charge is -2.34. The summed E-state index contributed by atoms with van der Waals surface area (Å²) in [5.41, 5.74) is 2.39. The first kappa shape index (κ1) is 15.2. The zero-order valence-corrected chi connectivity index (χ0v) is 13.9. The Kier molecular flexibility index (Phi) is 4.91. The van der Waals surface area contributed by atoms with E-state index in [2.05, 4.69) is 46.4 Å². The van der Waals surface area contributed by atoms with E-state index in [9.17, 15) is 4.79 Å². The topological polar surface area (TPSA) is 35.6 Å². The number of likely N-dealkylation sites (tertiary alicyclic amines) is 1. The van der Waals surface area contributed by atoms with E-state index >= 15 is 0 Å². The fourth-order valence-electron chi connectivity index (χ4n) is 2.47. The van der Waals surface area contributed by atoms with E-state index in [1.54, 1.807) is 19.0 Å². The second-order valence-electron chi connectivity index (χ2n) is 5.57. The third kappa shape index (κ3) is 3.66. The highest BCUT2D eigenvalue weighted by molar-refractivity contribution is 9.10. The molecule has 0 aromatic heterocycles. The Bertz CT molecular complexity index is 482. The summed E-state index contributed by atoms with van der Waals surface area (Å²) in [4.78, 5) is 15.4. The van der Waals surface area contributed by atoms with Gasteiger partial charge in [-0.25, -0.2) is 4.79 Å². The molecule has 1 heterocycles. The van der Waals surface area contributed by atoms with Crippen molar-refractivity contribution < 1.29 is 4.79 Å². The number of carbonyl (C=O) groups excluding carboxylic acids is 1. The molecule has 0 bridgehead atoms. The summed E-state index contributed by atoms with van der Waals surface area (Å²) in [6.45, 7) is 3.73. The smallest absolute Gasteiger partial charge is 0.319 e. The Hall–Kier alpha value is -1.23. The molecule has 1 saturated heterocycles. The van der Waals surface area contributed by atoms with Crippen LogP contribution in [0, 0.1) is 6.92 Å². The average Bonchev–Trinajstić information content (AvgIpc) is 2.43. The molecule has 110 valence electrons. The van der Waals surface area contributed by atoms with Crippen LogP contribution in [0.15, 0.2) is 22.7 Å². The van der Waals surface area contributed by atoms with Crippen LogP contribution in [0.4, 0.5) is 10.5 Å². The number of hydrogen-bond donors (Lipinski definition) is 1. The van der Waals surface area contributed by atoms with E-state index in [1.165, 1.54) is 5.56 Å². The van der Waals surface area contributed by atoms with Crippen molar-refractivity contribution in [3.63, 3.8) is 0 Å². The van der Waals surface area contributed by atoms with E-state index in [4.69, 9.17) is 0 Å². The molecule has 1 aliphatic rings. The number of benzene rings is 1. The molecular weight excluding hydrogens is 318 g/mol. The number of halogens is 1. The van der Waals surface area contributed by atoms with Crippen molar-refractivity contribution in [3.05, 3.63) is 28.2 Å². The van der Waals surface area contributed by atoms with E-state index < -0.39 is 0 Å². The predicted molar refractivity (Wildman–Crippen MR) is 86.2 cm³/mol. The Morgan fingerprint density at radius 2 is 2.00 bits per heavy atom. The number of nitrogens with one attached hydrogen (secondary N) is 1. The van der Waals surface area contributed by atoms with E-state index in [0.717, 1.165) is 36.1 Å². The van der Waals surface area contributed by atoms with Gasteiger partial charge in [0.05, 0.1) is 0 Å². The second kappa shape index (κ2) is 6.48. The molecule has 5 heteroatoms. The van der Waals surface area contributed by atoms with Crippen molar-refractivity contribution in [2.45, 2.75) is 25.8 Å². The van der Waals surface area contributed by atoms with Crippen molar-refractivity contribution >= 4 is 27.6 Å². The first-order valence-corrected chi connectivity index (χ1v) is 7.75. The molecule has 0 atom stereocenters. The van der Waals surface area contributed by atoms with Gasteiger partial charge in [0.1, 0.15) is 0 Å². The number of piperidine rings is 1. The number of anilines is 1. The molecule has 0 radical (unpaired) electrons. The maximum absolute atomic E-state index is 11.9. The lowest BCUT2D eigenvalue weighted by atomic mass is 10.0. The lowest BCUT2D eigenvalue weighted by Crippen LogP contribution is -2.46. The van der Waals surface area contributed by atoms with E-state index in [1.807, 2.05) is 4.90 Å². The van der Waals surface area contributed by atoms with Gasteiger partial charge in [0.15, 0.2) is 0 Å². The fourth-order valence-corrected chi connectivity index (χ4v) is 2.83. The second-order valence-corrected chi connectivity index (χ2v) is 6.42. The Balaban J connectivity index is 1.91. The van der Waals surface area contributed by atoms with Crippen LogP contribution in [-0.4, -0.2) is 49.1 Å². The average molecular weight is 340 g/mol. The van der Waals surface area contributed by atoms with Crippen LogP contribution in [-0.2, 0) is 0 Å². The zero-order valence-electron chi connectivity index (χ0n) is 12.3. The highest BCUT2D eigenvalue weighted by Gasteiger charge is 2.23. The molecule has 0 saturated carbocycles. The highest BCUT2D eigenvalue weighted by atomic mass is 79.9. The molecule has 0 unspecified atom stereocenters. The van der Waals surface area contributed by atoms with Gasteiger partial charge in [-0.3, -0.25) is 0 Å². The van der Waals surface area contributed by atoms with Gasteiger partial charge in [-0.1, -0.05) is 6.07 Å². The molecule has 1 aliphatic heterocycles. The van der Waals surface area contributed by atoms with Gasteiger partial charge in [0, 0.05) is 43.4 Å². The number of urea groups is 1. The number of carbonyl (C=O) groups is 1. The van der Waals surface area contributed by atoms with Crippen molar-refractivity contribution in [2.75, 3.05) is 32.5 Å². The first-order valence-electron chi connectivity index (χ1n) is 6.96. The van der Waals surface area contributed by atoms with Crippen LogP contribution in [0.3, 0.4) is 0 Å².